The number of carboxylic acid groups (broad SMARTS) is 1. The molecule has 0 aliphatic carbocycles. The van der Waals surface area contributed by atoms with Crippen molar-refractivity contribution in [3.63, 3.8) is 0 Å². The third kappa shape index (κ3) is 4.38. The number of carbonyl (C=O) groups is 1. The maximum absolute atomic E-state index is 11.6. The molecule has 2 aromatic carbocycles. The van der Waals surface area contributed by atoms with Gasteiger partial charge in [-0.05, 0) is 60.6 Å². The van der Waals surface area contributed by atoms with Crippen LogP contribution in [0.1, 0.15) is 47.6 Å². The molecule has 0 saturated carbocycles. The van der Waals surface area contributed by atoms with E-state index in [0.717, 1.165) is 22.3 Å². The van der Waals surface area contributed by atoms with Crippen LogP contribution < -0.4 is 4.74 Å². The van der Waals surface area contributed by atoms with Gasteiger partial charge in [0.15, 0.2) is 6.10 Å². The van der Waals surface area contributed by atoms with Gasteiger partial charge in [-0.2, -0.15) is 0 Å². The smallest absolute Gasteiger partial charge is 0.345 e. The van der Waals surface area contributed by atoms with Crippen LogP contribution in [0.3, 0.4) is 0 Å². The summed E-state index contributed by atoms with van der Waals surface area (Å²) >= 11 is 0. The van der Waals surface area contributed by atoms with Crippen molar-refractivity contribution in [2.24, 2.45) is 0 Å². The van der Waals surface area contributed by atoms with Crippen LogP contribution in [-0.4, -0.2) is 17.2 Å². The van der Waals surface area contributed by atoms with Crippen LogP contribution >= 0.6 is 0 Å². The number of hydrogen-bond acceptors (Lipinski definition) is 2. The Labute approximate surface area is 144 Å². The van der Waals surface area contributed by atoms with E-state index in [1.54, 1.807) is 0 Å². The highest BCUT2D eigenvalue weighted by molar-refractivity contribution is 5.73. The molecule has 128 valence electrons. The molecule has 0 radical (unpaired) electrons. The third-order valence-corrected chi connectivity index (χ3v) is 4.38. The summed E-state index contributed by atoms with van der Waals surface area (Å²) in [6.45, 7) is 10.2. The van der Waals surface area contributed by atoms with Gasteiger partial charge in [0, 0.05) is 6.42 Å². The molecule has 1 atom stereocenters. The van der Waals surface area contributed by atoms with E-state index < -0.39 is 12.1 Å². The first-order valence-corrected chi connectivity index (χ1v) is 8.34. The minimum absolute atomic E-state index is 0.347. The van der Waals surface area contributed by atoms with Crippen molar-refractivity contribution in [1.29, 1.82) is 0 Å². The Morgan fingerprint density at radius 3 is 2.25 bits per heavy atom. The molecular weight excluding hydrogens is 300 g/mol. The summed E-state index contributed by atoms with van der Waals surface area (Å²) in [7, 11) is 0. The molecule has 24 heavy (non-hydrogen) atoms. The Morgan fingerprint density at radius 2 is 1.71 bits per heavy atom. The third-order valence-electron chi connectivity index (χ3n) is 4.38. The van der Waals surface area contributed by atoms with E-state index in [4.69, 9.17) is 4.74 Å². The van der Waals surface area contributed by atoms with E-state index in [2.05, 4.69) is 32.0 Å². The van der Waals surface area contributed by atoms with Crippen LogP contribution in [-0.2, 0) is 11.2 Å². The number of rotatable bonds is 6. The predicted octanol–water partition coefficient (Wildman–Crippen LogP) is 4.81. The topological polar surface area (TPSA) is 46.5 Å². The van der Waals surface area contributed by atoms with Crippen LogP contribution in [0.25, 0.3) is 0 Å². The molecule has 0 amide bonds. The summed E-state index contributed by atoms with van der Waals surface area (Å²) in [5, 5.41) is 9.54. The Morgan fingerprint density at radius 1 is 1.08 bits per heavy atom. The van der Waals surface area contributed by atoms with Gasteiger partial charge in [0.25, 0.3) is 0 Å². The Bertz CT molecular complexity index is 715. The van der Waals surface area contributed by atoms with Gasteiger partial charge < -0.3 is 9.84 Å². The molecule has 0 heterocycles. The second kappa shape index (κ2) is 7.52. The van der Waals surface area contributed by atoms with E-state index in [1.807, 2.05) is 39.0 Å². The minimum atomic E-state index is -0.943. The zero-order valence-electron chi connectivity index (χ0n) is 15.1. The van der Waals surface area contributed by atoms with Gasteiger partial charge >= 0.3 is 5.97 Å². The summed E-state index contributed by atoms with van der Waals surface area (Å²) in [6, 6.07) is 12.1. The second-order valence-electron chi connectivity index (χ2n) is 6.75. The quantitative estimate of drug-likeness (QED) is 0.828. The van der Waals surface area contributed by atoms with Crippen LogP contribution in [0, 0.1) is 20.8 Å². The van der Waals surface area contributed by atoms with Crippen LogP contribution in [0.4, 0.5) is 0 Å². The molecule has 0 saturated heterocycles. The van der Waals surface area contributed by atoms with Crippen LogP contribution in [0.2, 0.25) is 0 Å². The fourth-order valence-electron chi connectivity index (χ4n) is 2.71. The lowest BCUT2D eigenvalue weighted by molar-refractivity contribution is -0.145. The standard InChI is InChI=1S/C21H26O3/c1-13(2)18-8-6-17(7-9-18)12-20(21(22)23)24-19-11-14(3)10-15(4)16(19)5/h6-11,13,20H,12H2,1-5H3,(H,22,23)/t20-/m0/s1. The maximum atomic E-state index is 11.6. The predicted molar refractivity (Wildman–Crippen MR) is 96.9 cm³/mol. The summed E-state index contributed by atoms with van der Waals surface area (Å²) in [5.41, 5.74) is 5.38. The van der Waals surface area contributed by atoms with Crippen molar-refractivity contribution in [2.75, 3.05) is 0 Å². The van der Waals surface area contributed by atoms with Crippen molar-refractivity contribution < 1.29 is 14.6 Å². The molecule has 2 aromatic rings. The highest BCUT2D eigenvalue weighted by Gasteiger charge is 2.21. The first-order valence-electron chi connectivity index (χ1n) is 8.34. The number of hydrogen-bond donors (Lipinski definition) is 1. The normalized spacial score (nSPS) is 12.2. The van der Waals surface area contributed by atoms with Gasteiger partial charge in [0.2, 0.25) is 0 Å². The molecule has 3 heteroatoms. The first-order chi connectivity index (χ1) is 11.3. The van der Waals surface area contributed by atoms with Crippen molar-refractivity contribution in [1.82, 2.24) is 0 Å². The summed E-state index contributed by atoms with van der Waals surface area (Å²) in [6.07, 6.45) is -0.546. The summed E-state index contributed by atoms with van der Waals surface area (Å²) < 4.78 is 5.85. The SMILES string of the molecule is Cc1cc(C)c(C)c(O[C@@H](Cc2ccc(C(C)C)cc2)C(=O)O)c1. The molecule has 0 unspecified atom stereocenters. The average Bonchev–Trinajstić information content (AvgIpc) is 2.51. The van der Waals surface area contributed by atoms with Gasteiger partial charge in [0.05, 0.1) is 0 Å². The molecule has 3 nitrogen and oxygen atoms in total. The number of benzene rings is 2. The highest BCUT2D eigenvalue weighted by atomic mass is 16.5. The van der Waals surface area contributed by atoms with Gasteiger partial charge in [-0.3, -0.25) is 0 Å². The van der Waals surface area contributed by atoms with E-state index in [9.17, 15) is 9.90 Å². The van der Waals surface area contributed by atoms with Gasteiger partial charge in [0.1, 0.15) is 5.75 Å². The molecule has 1 N–H and O–H groups in total. The Kier molecular flexibility index (Phi) is 5.66. The molecule has 0 aliphatic rings. The Hall–Kier alpha value is -2.29. The number of ether oxygens (including phenoxy) is 1. The highest BCUT2D eigenvalue weighted by Crippen LogP contribution is 2.25. The largest absolute Gasteiger partial charge is 0.478 e. The summed E-state index contributed by atoms with van der Waals surface area (Å²) in [5.74, 6) is 0.170. The van der Waals surface area contributed by atoms with Crippen molar-refractivity contribution >= 4 is 5.97 Å². The average molecular weight is 326 g/mol. The van der Waals surface area contributed by atoms with Crippen molar-refractivity contribution in [3.05, 3.63) is 64.2 Å². The van der Waals surface area contributed by atoms with E-state index in [0.29, 0.717) is 18.1 Å². The molecular formula is C21H26O3. The molecule has 0 fully saturated rings. The minimum Gasteiger partial charge on any atom is -0.478 e. The van der Waals surface area contributed by atoms with E-state index >= 15 is 0 Å². The van der Waals surface area contributed by atoms with Gasteiger partial charge in [-0.15, -0.1) is 0 Å². The molecule has 0 aliphatic heterocycles. The lowest BCUT2D eigenvalue weighted by Gasteiger charge is -2.19. The zero-order chi connectivity index (χ0) is 17.9. The monoisotopic (exact) mass is 326 g/mol. The van der Waals surface area contributed by atoms with Crippen LogP contribution in [0.15, 0.2) is 36.4 Å². The van der Waals surface area contributed by atoms with E-state index in [1.165, 1.54) is 5.56 Å². The van der Waals surface area contributed by atoms with E-state index in [-0.39, 0.29) is 0 Å². The van der Waals surface area contributed by atoms with Crippen molar-refractivity contribution in [2.45, 2.75) is 53.1 Å². The maximum Gasteiger partial charge on any atom is 0.345 e. The van der Waals surface area contributed by atoms with Gasteiger partial charge in [-0.25, -0.2) is 4.79 Å². The first kappa shape index (κ1) is 18.1. The molecule has 2 rings (SSSR count). The number of carboxylic acids is 1. The molecule has 0 bridgehead atoms. The zero-order valence-corrected chi connectivity index (χ0v) is 15.1. The molecule has 0 spiro atoms. The second-order valence-corrected chi connectivity index (χ2v) is 6.75. The lowest BCUT2D eigenvalue weighted by Crippen LogP contribution is -2.29. The fourth-order valence-corrected chi connectivity index (χ4v) is 2.71. The fraction of sp³-hybridized carbons (Fsp3) is 0.381. The summed E-state index contributed by atoms with van der Waals surface area (Å²) in [4.78, 5) is 11.6. The number of aryl methyl sites for hydroxylation is 2. The van der Waals surface area contributed by atoms with Crippen LogP contribution in [0.5, 0.6) is 5.75 Å². The van der Waals surface area contributed by atoms with Gasteiger partial charge in [-0.1, -0.05) is 44.2 Å². The Balaban J connectivity index is 2.20. The number of aliphatic carboxylic acids is 1. The van der Waals surface area contributed by atoms with Crippen molar-refractivity contribution in [3.8, 4) is 5.75 Å². The lowest BCUT2D eigenvalue weighted by atomic mass is 9.99. The molecule has 0 aromatic heterocycles.